The van der Waals surface area contributed by atoms with Crippen LogP contribution >= 0.6 is 0 Å². The average Bonchev–Trinajstić information content (AvgIpc) is 2.69. The highest BCUT2D eigenvalue weighted by atomic mass is 16.5. The highest BCUT2D eigenvalue weighted by molar-refractivity contribution is 5.89. The minimum atomic E-state index is -0.555. The number of benzene rings is 1. The number of carbonyl (C=O) groups excluding carboxylic acids is 2. The Kier molecular flexibility index (Phi) is 2.76. The number of hydrogen-bond acceptors (Lipinski definition) is 3. The van der Waals surface area contributed by atoms with Crippen LogP contribution in [0.4, 0.5) is 0 Å². The van der Waals surface area contributed by atoms with E-state index in [1.165, 1.54) is 0 Å². The number of nitrogens with two attached hydrogens (primary N) is 1. The van der Waals surface area contributed by atoms with E-state index in [0.29, 0.717) is 6.61 Å². The van der Waals surface area contributed by atoms with Crippen LogP contribution in [0.15, 0.2) is 24.3 Å². The number of hydrogen-bond donors (Lipinski definition) is 2. The molecule has 1 aromatic rings. The van der Waals surface area contributed by atoms with Crippen LogP contribution in [0.2, 0.25) is 0 Å². The molecule has 16 heavy (non-hydrogen) atoms. The maximum Gasteiger partial charge on any atom is 0.236 e. The molecular formula is C11H12N2O3. The Labute approximate surface area is 92.6 Å². The van der Waals surface area contributed by atoms with Gasteiger partial charge in [0, 0.05) is 5.56 Å². The molecule has 1 unspecified atom stereocenters. The summed E-state index contributed by atoms with van der Waals surface area (Å²) in [6.07, 6.45) is 0. The smallest absolute Gasteiger partial charge is 0.236 e. The Hall–Kier alpha value is -2.04. The molecule has 0 saturated heterocycles. The molecule has 5 nitrogen and oxygen atoms in total. The molecule has 0 spiro atoms. The van der Waals surface area contributed by atoms with Crippen LogP contribution in [-0.2, 0) is 9.59 Å². The number of carbonyl (C=O) groups is 2. The highest BCUT2D eigenvalue weighted by Gasteiger charge is 2.29. The summed E-state index contributed by atoms with van der Waals surface area (Å²) < 4.78 is 5.36. The van der Waals surface area contributed by atoms with Gasteiger partial charge in [-0.3, -0.25) is 9.59 Å². The second kappa shape index (κ2) is 4.22. The Bertz CT molecular complexity index is 431. The van der Waals surface area contributed by atoms with Gasteiger partial charge in [-0.05, 0) is 6.07 Å². The van der Waals surface area contributed by atoms with Crippen molar-refractivity contribution >= 4 is 11.8 Å². The lowest BCUT2D eigenvalue weighted by Crippen LogP contribution is -2.36. The number of amides is 2. The van der Waals surface area contributed by atoms with Crippen LogP contribution in [0.5, 0.6) is 5.75 Å². The van der Waals surface area contributed by atoms with E-state index in [2.05, 4.69) is 5.32 Å². The molecule has 2 amide bonds. The molecule has 1 aliphatic rings. The number of primary amides is 1. The summed E-state index contributed by atoms with van der Waals surface area (Å²) in [5, 5.41) is 2.47. The van der Waals surface area contributed by atoms with Gasteiger partial charge in [-0.25, -0.2) is 0 Å². The lowest BCUT2D eigenvalue weighted by atomic mass is 10.0. The third-order valence-electron chi connectivity index (χ3n) is 2.45. The topological polar surface area (TPSA) is 81.4 Å². The maximum atomic E-state index is 11.7. The van der Waals surface area contributed by atoms with E-state index in [1.807, 2.05) is 24.3 Å². The van der Waals surface area contributed by atoms with Crippen molar-refractivity contribution in [3.8, 4) is 5.75 Å². The molecule has 1 atom stereocenters. The van der Waals surface area contributed by atoms with Crippen LogP contribution in [0.3, 0.4) is 0 Å². The van der Waals surface area contributed by atoms with Gasteiger partial charge in [0.05, 0.1) is 6.54 Å². The first-order valence-electron chi connectivity index (χ1n) is 4.96. The summed E-state index contributed by atoms with van der Waals surface area (Å²) in [6.45, 7) is 0.168. The summed E-state index contributed by atoms with van der Waals surface area (Å²) >= 11 is 0. The number of fused-ring (bicyclic) bond motifs is 1. The first kappa shape index (κ1) is 10.5. The molecule has 84 valence electrons. The fraction of sp³-hybridized carbons (Fsp3) is 0.273. The molecule has 0 fully saturated rings. The molecule has 0 saturated carbocycles. The summed E-state index contributed by atoms with van der Waals surface area (Å²) in [7, 11) is 0. The van der Waals surface area contributed by atoms with E-state index in [1.54, 1.807) is 0 Å². The zero-order valence-corrected chi connectivity index (χ0v) is 8.60. The molecule has 2 rings (SSSR count). The maximum absolute atomic E-state index is 11.7. The van der Waals surface area contributed by atoms with Crippen molar-refractivity contribution in [2.75, 3.05) is 13.2 Å². The SMILES string of the molecule is NC(=O)CNC(=O)C1COc2ccccc21. The summed E-state index contributed by atoms with van der Waals surface area (Å²) in [4.78, 5) is 22.3. The lowest BCUT2D eigenvalue weighted by molar-refractivity contribution is -0.126. The van der Waals surface area contributed by atoms with E-state index in [-0.39, 0.29) is 18.4 Å². The first-order valence-corrected chi connectivity index (χ1v) is 4.96. The van der Waals surface area contributed by atoms with Crippen LogP contribution in [-0.4, -0.2) is 25.0 Å². The summed E-state index contributed by atoms with van der Waals surface area (Å²) in [5.41, 5.74) is 5.80. The van der Waals surface area contributed by atoms with Crippen LogP contribution in [0.25, 0.3) is 0 Å². The van der Waals surface area contributed by atoms with Crippen molar-refractivity contribution in [3.05, 3.63) is 29.8 Å². The van der Waals surface area contributed by atoms with Crippen molar-refractivity contribution in [2.45, 2.75) is 5.92 Å². The van der Waals surface area contributed by atoms with Crippen LogP contribution in [0.1, 0.15) is 11.5 Å². The highest BCUT2D eigenvalue weighted by Crippen LogP contribution is 2.33. The average molecular weight is 220 g/mol. The van der Waals surface area contributed by atoms with Gasteiger partial charge >= 0.3 is 0 Å². The summed E-state index contributed by atoms with van der Waals surface area (Å²) in [6, 6.07) is 7.36. The van der Waals surface area contributed by atoms with E-state index >= 15 is 0 Å². The zero-order valence-electron chi connectivity index (χ0n) is 8.60. The second-order valence-corrected chi connectivity index (χ2v) is 3.59. The number of para-hydroxylation sites is 1. The molecule has 0 aliphatic carbocycles. The molecule has 1 aliphatic heterocycles. The molecule has 0 radical (unpaired) electrons. The van der Waals surface area contributed by atoms with Gasteiger partial charge < -0.3 is 15.8 Å². The zero-order chi connectivity index (χ0) is 11.5. The summed E-state index contributed by atoms with van der Waals surface area (Å²) in [5.74, 6) is -0.415. The van der Waals surface area contributed by atoms with Gasteiger partial charge in [-0.1, -0.05) is 18.2 Å². The van der Waals surface area contributed by atoms with Gasteiger partial charge in [0.1, 0.15) is 18.3 Å². The van der Waals surface area contributed by atoms with Crippen molar-refractivity contribution < 1.29 is 14.3 Å². The van der Waals surface area contributed by atoms with E-state index in [4.69, 9.17) is 10.5 Å². The predicted octanol–water partition coefficient (Wildman–Crippen LogP) is -0.236. The van der Waals surface area contributed by atoms with Gasteiger partial charge in [-0.2, -0.15) is 0 Å². The van der Waals surface area contributed by atoms with E-state index < -0.39 is 5.91 Å². The van der Waals surface area contributed by atoms with Crippen LogP contribution in [0, 0.1) is 0 Å². The van der Waals surface area contributed by atoms with Gasteiger partial charge in [0.15, 0.2) is 0 Å². The largest absolute Gasteiger partial charge is 0.492 e. The van der Waals surface area contributed by atoms with Crippen molar-refractivity contribution in [2.24, 2.45) is 5.73 Å². The Balaban J connectivity index is 2.07. The molecule has 1 heterocycles. The molecular weight excluding hydrogens is 208 g/mol. The van der Waals surface area contributed by atoms with Crippen molar-refractivity contribution in [1.29, 1.82) is 0 Å². The third-order valence-corrected chi connectivity index (χ3v) is 2.45. The molecule has 0 aromatic heterocycles. The minimum Gasteiger partial charge on any atom is -0.492 e. The Morgan fingerprint density at radius 2 is 2.19 bits per heavy atom. The predicted molar refractivity (Wildman–Crippen MR) is 56.9 cm³/mol. The number of rotatable bonds is 3. The Morgan fingerprint density at radius 3 is 2.94 bits per heavy atom. The third kappa shape index (κ3) is 1.98. The van der Waals surface area contributed by atoms with Crippen LogP contribution < -0.4 is 15.8 Å². The monoisotopic (exact) mass is 220 g/mol. The standard InChI is InChI=1S/C11H12N2O3/c12-10(14)5-13-11(15)8-6-16-9-4-2-1-3-7(8)9/h1-4,8H,5-6H2,(H2,12,14)(H,13,15). The van der Waals surface area contributed by atoms with Crippen molar-refractivity contribution in [3.63, 3.8) is 0 Å². The molecule has 0 bridgehead atoms. The quantitative estimate of drug-likeness (QED) is 0.737. The van der Waals surface area contributed by atoms with Crippen molar-refractivity contribution in [1.82, 2.24) is 5.32 Å². The fourth-order valence-corrected chi connectivity index (χ4v) is 1.68. The minimum absolute atomic E-state index is 0.141. The fourth-order valence-electron chi connectivity index (χ4n) is 1.68. The normalized spacial score (nSPS) is 17.4. The van der Waals surface area contributed by atoms with Gasteiger partial charge in [-0.15, -0.1) is 0 Å². The number of ether oxygens (including phenoxy) is 1. The number of nitrogens with one attached hydrogen (secondary N) is 1. The molecule has 3 N–H and O–H groups in total. The van der Waals surface area contributed by atoms with Gasteiger partial charge in [0.2, 0.25) is 11.8 Å². The van der Waals surface area contributed by atoms with E-state index in [0.717, 1.165) is 11.3 Å². The molecule has 1 aromatic carbocycles. The molecule has 5 heteroatoms. The van der Waals surface area contributed by atoms with Gasteiger partial charge in [0.25, 0.3) is 0 Å². The first-order chi connectivity index (χ1) is 7.68. The van der Waals surface area contributed by atoms with E-state index in [9.17, 15) is 9.59 Å². The Morgan fingerprint density at radius 1 is 1.44 bits per heavy atom. The second-order valence-electron chi connectivity index (χ2n) is 3.59. The lowest BCUT2D eigenvalue weighted by Gasteiger charge is -2.08.